The molecule has 0 aromatic heterocycles. The number of benzene rings is 3. The quantitative estimate of drug-likeness (QED) is 0.528. The minimum atomic E-state index is -0.353. The van der Waals surface area contributed by atoms with Gasteiger partial charge in [0.25, 0.3) is 5.91 Å². The van der Waals surface area contributed by atoms with Crippen molar-refractivity contribution in [3.63, 3.8) is 0 Å². The molecule has 0 saturated carbocycles. The lowest BCUT2D eigenvalue weighted by Crippen LogP contribution is -2.32. The van der Waals surface area contributed by atoms with Crippen molar-refractivity contribution in [3.8, 4) is 11.5 Å². The van der Waals surface area contributed by atoms with E-state index in [0.717, 1.165) is 5.56 Å². The van der Waals surface area contributed by atoms with Gasteiger partial charge in [-0.1, -0.05) is 12.1 Å². The van der Waals surface area contributed by atoms with Gasteiger partial charge >= 0.3 is 0 Å². The summed E-state index contributed by atoms with van der Waals surface area (Å²) in [5.41, 5.74) is 2.35. The molecule has 0 bridgehead atoms. The molecule has 0 N–H and O–H groups in total. The number of carbonyl (C=O) groups excluding carboxylic acids is 1. The van der Waals surface area contributed by atoms with Crippen LogP contribution in [0, 0.1) is 5.82 Å². The third-order valence-corrected chi connectivity index (χ3v) is 4.77. The molecule has 156 valence electrons. The van der Waals surface area contributed by atoms with Gasteiger partial charge in [-0.25, -0.2) is 9.38 Å². The highest BCUT2D eigenvalue weighted by molar-refractivity contribution is 6.33. The number of halogens is 1. The first kappa shape index (κ1) is 20.3. The maximum absolute atomic E-state index is 13.5. The second-order valence-corrected chi connectivity index (χ2v) is 6.82. The highest BCUT2D eigenvalue weighted by Crippen LogP contribution is 2.29. The number of nitrogens with zero attached hydrogens (tertiary/aromatic N) is 2. The molecule has 0 aliphatic carbocycles. The lowest BCUT2D eigenvalue weighted by atomic mass is 10.1. The molecule has 1 amide bonds. The average Bonchev–Trinajstić information content (AvgIpc) is 3.11. The van der Waals surface area contributed by atoms with Crippen LogP contribution in [0.3, 0.4) is 0 Å². The van der Waals surface area contributed by atoms with E-state index in [-0.39, 0.29) is 17.4 Å². The predicted octanol–water partition coefficient (Wildman–Crippen LogP) is 5.07. The molecule has 0 fully saturated rings. The van der Waals surface area contributed by atoms with Gasteiger partial charge in [0.05, 0.1) is 19.4 Å². The van der Waals surface area contributed by atoms with E-state index in [1.54, 1.807) is 49.6 Å². The minimum Gasteiger partial charge on any atom is -0.497 e. The Hall–Kier alpha value is -3.93. The SMILES string of the molecule is CCOc1ccc(N2C(=O)/C(=C\c3cccc(OC)c3)N=C2c2ccc(F)cc2)cc1. The summed E-state index contributed by atoms with van der Waals surface area (Å²) in [6.45, 7) is 2.46. The van der Waals surface area contributed by atoms with Crippen LogP contribution < -0.4 is 14.4 Å². The Morgan fingerprint density at radius 2 is 1.74 bits per heavy atom. The molecule has 0 spiro atoms. The Morgan fingerprint density at radius 3 is 2.42 bits per heavy atom. The number of amidine groups is 1. The highest BCUT2D eigenvalue weighted by atomic mass is 19.1. The van der Waals surface area contributed by atoms with Crippen molar-refractivity contribution < 1.29 is 18.7 Å². The van der Waals surface area contributed by atoms with Crippen molar-refractivity contribution >= 4 is 23.5 Å². The molecule has 31 heavy (non-hydrogen) atoms. The number of carbonyl (C=O) groups is 1. The molecule has 6 heteroatoms. The monoisotopic (exact) mass is 416 g/mol. The van der Waals surface area contributed by atoms with E-state index in [1.165, 1.54) is 17.0 Å². The van der Waals surface area contributed by atoms with E-state index in [9.17, 15) is 9.18 Å². The van der Waals surface area contributed by atoms with E-state index >= 15 is 0 Å². The van der Waals surface area contributed by atoms with Crippen LogP contribution in [-0.4, -0.2) is 25.5 Å². The first-order valence-electron chi connectivity index (χ1n) is 9.86. The first-order valence-corrected chi connectivity index (χ1v) is 9.86. The number of hydrogen-bond donors (Lipinski definition) is 0. The summed E-state index contributed by atoms with van der Waals surface area (Å²) in [5, 5.41) is 0. The van der Waals surface area contributed by atoms with Crippen LogP contribution in [0.5, 0.6) is 11.5 Å². The first-order chi connectivity index (χ1) is 15.1. The maximum atomic E-state index is 13.5. The summed E-state index contributed by atoms with van der Waals surface area (Å²) >= 11 is 0. The van der Waals surface area contributed by atoms with Crippen LogP contribution in [0.1, 0.15) is 18.1 Å². The van der Waals surface area contributed by atoms with E-state index in [2.05, 4.69) is 4.99 Å². The van der Waals surface area contributed by atoms with E-state index in [0.29, 0.717) is 35.2 Å². The maximum Gasteiger partial charge on any atom is 0.282 e. The van der Waals surface area contributed by atoms with E-state index in [4.69, 9.17) is 9.47 Å². The summed E-state index contributed by atoms with van der Waals surface area (Å²) < 4.78 is 24.2. The fraction of sp³-hybridized carbons (Fsp3) is 0.120. The molecule has 1 aliphatic heterocycles. The van der Waals surface area contributed by atoms with E-state index < -0.39 is 0 Å². The number of aliphatic imine (C=N–C) groups is 1. The van der Waals surface area contributed by atoms with E-state index in [1.807, 2.05) is 31.2 Å². The van der Waals surface area contributed by atoms with Gasteiger partial charge in [-0.3, -0.25) is 9.69 Å². The van der Waals surface area contributed by atoms with Crippen molar-refractivity contribution in [1.82, 2.24) is 0 Å². The van der Waals surface area contributed by atoms with Crippen molar-refractivity contribution in [1.29, 1.82) is 0 Å². The Morgan fingerprint density at radius 1 is 1.00 bits per heavy atom. The number of amides is 1. The van der Waals surface area contributed by atoms with Gasteiger partial charge in [0.1, 0.15) is 28.8 Å². The normalized spacial score (nSPS) is 14.7. The number of methoxy groups -OCH3 is 1. The highest BCUT2D eigenvalue weighted by Gasteiger charge is 2.32. The summed E-state index contributed by atoms with van der Waals surface area (Å²) in [5.74, 6) is 1.21. The molecule has 3 aromatic carbocycles. The van der Waals surface area contributed by atoms with Gasteiger partial charge in [-0.05, 0) is 79.2 Å². The molecule has 1 aliphatic rings. The van der Waals surface area contributed by atoms with Gasteiger partial charge in [0.2, 0.25) is 0 Å². The molecule has 3 aromatic rings. The Kier molecular flexibility index (Phi) is 5.80. The van der Waals surface area contributed by atoms with Crippen LogP contribution in [0.4, 0.5) is 10.1 Å². The lowest BCUT2D eigenvalue weighted by Gasteiger charge is -2.19. The smallest absolute Gasteiger partial charge is 0.282 e. The van der Waals surface area contributed by atoms with Crippen LogP contribution in [0.15, 0.2) is 83.5 Å². The lowest BCUT2D eigenvalue weighted by molar-refractivity contribution is -0.113. The third kappa shape index (κ3) is 4.33. The molecule has 4 rings (SSSR count). The van der Waals surface area contributed by atoms with Crippen molar-refractivity contribution in [2.45, 2.75) is 6.92 Å². The molecule has 1 heterocycles. The van der Waals surface area contributed by atoms with Crippen LogP contribution in [-0.2, 0) is 4.79 Å². The number of ether oxygens (including phenoxy) is 2. The molecular formula is C25H21FN2O3. The zero-order valence-electron chi connectivity index (χ0n) is 17.2. The summed E-state index contributed by atoms with van der Waals surface area (Å²) in [6, 6.07) is 20.5. The zero-order valence-corrected chi connectivity index (χ0v) is 17.2. The Balaban J connectivity index is 1.77. The number of rotatable bonds is 6. The van der Waals surface area contributed by atoms with Crippen molar-refractivity contribution in [2.24, 2.45) is 4.99 Å². The van der Waals surface area contributed by atoms with Gasteiger partial charge < -0.3 is 9.47 Å². The third-order valence-electron chi connectivity index (χ3n) is 4.77. The minimum absolute atomic E-state index is 0.272. The topological polar surface area (TPSA) is 51.1 Å². The van der Waals surface area contributed by atoms with Crippen molar-refractivity contribution in [2.75, 3.05) is 18.6 Å². The van der Waals surface area contributed by atoms with Crippen LogP contribution in [0.2, 0.25) is 0 Å². The fourth-order valence-corrected chi connectivity index (χ4v) is 3.30. The second kappa shape index (κ2) is 8.83. The Bertz CT molecular complexity index is 1150. The average molecular weight is 416 g/mol. The zero-order chi connectivity index (χ0) is 21.8. The van der Waals surface area contributed by atoms with Crippen LogP contribution in [0.25, 0.3) is 6.08 Å². The molecule has 5 nitrogen and oxygen atoms in total. The number of anilines is 1. The van der Waals surface area contributed by atoms with Crippen LogP contribution >= 0.6 is 0 Å². The van der Waals surface area contributed by atoms with Crippen molar-refractivity contribution in [3.05, 3.63) is 95.4 Å². The van der Waals surface area contributed by atoms with Gasteiger partial charge in [-0.15, -0.1) is 0 Å². The summed E-state index contributed by atoms with van der Waals surface area (Å²) in [6.07, 6.45) is 1.71. The predicted molar refractivity (Wildman–Crippen MR) is 119 cm³/mol. The van der Waals surface area contributed by atoms with Gasteiger partial charge in [-0.2, -0.15) is 0 Å². The molecule has 0 saturated heterocycles. The van der Waals surface area contributed by atoms with Gasteiger partial charge in [0, 0.05) is 5.56 Å². The molecule has 0 radical (unpaired) electrons. The summed E-state index contributed by atoms with van der Waals surface area (Å²) in [4.78, 5) is 19.5. The Labute approximate surface area is 180 Å². The molecule has 0 unspecified atom stereocenters. The molecule has 0 atom stereocenters. The standard InChI is InChI=1S/C25H21FN2O3/c1-3-31-21-13-11-20(12-14-21)28-24(18-7-9-19(26)10-8-18)27-23(25(28)29)16-17-5-4-6-22(15-17)30-2/h4-16H,3H2,1-2H3/b23-16+. The molecular weight excluding hydrogens is 395 g/mol. The fourth-order valence-electron chi connectivity index (χ4n) is 3.30. The van der Waals surface area contributed by atoms with Gasteiger partial charge in [0.15, 0.2) is 0 Å². The number of hydrogen-bond acceptors (Lipinski definition) is 4. The summed E-state index contributed by atoms with van der Waals surface area (Å²) in [7, 11) is 1.59. The second-order valence-electron chi connectivity index (χ2n) is 6.82. The largest absolute Gasteiger partial charge is 0.497 e.